The van der Waals surface area contributed by atoms with E-state index >= 15 is 0 Å². The Kier molecular flexibility index (Phi) is 5.79. The average molecular weight is 312 g/mol. The molecule has 0 aliphatic heterocycles. The lowest BCUT2D eigenvalue weighted by Gasteiger charge is -2.19. The maximum Gasteiger partial charge on any atom is 0.407 e. The monoisotopic (exact) mass is 311 g/mol. The van der Waals surface area contributed by atoms with Gasteiger partial charge < -0.3 is 15.2 Å². The minimum Gasteiger partial charge on any atom is -0.478 e. The van der Waals surface area contributed by atoms with Crippen molar-refractivity contribution in [3.8, 4) is 0 Å². The molecule has 6 heteroatoms. The number of carboxylic acid groups (broad SMARTS) is 1. The van der Waals surface area contributed by atoms with Crippen LogP contribution in [0.4, 0.5) is 4.79 Å². The van der Waals surface area contributed by atoms with E-state index in [1.807, 2.05) is 0 Å². The number of amides is 1. The first-order valence-electron chi connectivity index (χ1n) is 6.35. The van der Waals surface area contributed by atoms with Gasteiger partial charge in [0.15, 0.2) is 0 Å². The van der Waals surface area contributed by atoms with E-state index in [1.165, 1.54) is 12.1 Å². The maximum absolute atomic E-state index is 11.4. The van der Waals surface area contributed by atoms with Gasteiger partial charge in [0.2, 0.25) is 0 Å². The van der Waals surface area contributed by atoms with Crippen LogP contribution in [0.2, 0.25) is 5.02 Å². The smallest absolute Gasteiger partial charge is 0.407 e. The van der Waals surface area contributed by atoms with E-state index in [4.69, 9.17) is 21.4 Å². The van der Waals surface area contributed by atoms with Crippen LogP contribution in [0.3, 0.4) is 0 Å². The highest BCUT2D eigenvalue weighted by molar-refractivity contribution is 6.32. The summed E-state index contributed by atoms with van der Waals surface area (Å²) < 4.78 is 5.08. The zero-order chi connectivity index (χ0) is 16.0. The van der Waals surface area contributed by atoms with Crippen molar-refractivity contribution in [1.29, 1.82) is 0 Å². The molecule has 1 aromatic carbocycles. The lowest BCUT2D eigenvalue weighted by molar-refractivity contribution is 0.0533. The number of carbonyl (C=O) groups excluding carboxylic acids is 1. The van der Waals surface area contributed by atoms with Crippen molar-refractivity contribution >= 4 is 29.7 Å². The molecule has 21 heavy (non-hydrogen) atoms. The second-order valence-corrected chi connectivity index (χ2v) is 5.73. The molecule has 2 N–H and O–H groups in total. The van der Waals surface area contributed by atoms with Crippen molar-refractivity contribution in [2.24, 2.45) is 0 Å². The van der Waals surface area contributed by atoms with Gasteiger partial charge >= 0.3 is 12.1 Å². The van der Waals surface area contributed by atoms with E-state index in [9.17, 15) is 9.59 Å². The molecule has 1 amide bonds. The molecule has 0 spiro atoms. The molecule has 0 bridgehead atoms. The molecular formula is C15H18ClNO4. The summed E-state index contributed by atoms with van der Waals surface area (Å²) in [4.78, 5) is 22.2. The number of hydrogen-bond donors (Lipinski definition) is 2. The third kappa shape index (κ3) is 6.31. The first kappa shape index (κ1) is 17.0. The number of nitrogens with one attached hydrogen (secondary N) is 1. The van der Waals surface area contributed by atoms with Crippen molar-refractivity contribution in [1.82, 2.24) is 5.32 Å². The van der Waals surface area contributed by atoms with Crippen molar-refractivity contribution < 1.29 is 19.4 Å². The Labute approximate surface area is 128 Å². The number of rotatable bonds is 4. The van der Waals surface area contributed by atoms with Crippen molar-refractivity contribution in [2.75, 3.05) is 6.54 Å². The molecule has 0 aromatic heterocycles. The van der Waals surface area contributed by atoms with Gasteiger partial charge in [0.05, 0.1) is 5.56 Å². The summed E-state index contributed by atoms with van der Waals surface area (Å²) in [5, 5.41) is 11.7. The summed E-state index contributed by atoms with van der Waals surface area (Å²) in [5.41, 5.74) is 0.265. The number of alkyl carbamates (subject to hydrolysis) is 1. The maximum atomic E-state index is 11.4. The lowest BCUT2D eigenvalue weighted by Crippen LogP contribution is -2.32. The zero-order valence-electron chi connectivity index (χ0n) is 12.1. The Morgan fingerprint density at radius 3 is 2.57 bits per heavy atom. The van der Waals surface area contributed by atoms with Gasteiger partial charge in [-0.3, -0.25) is 0 Å². The Hall–Kier alpha value is -2.01. The molecule has 0 heterocycles. The molecule has 0 saturated heterocycles. The second-order valence-electron chi connectivity index (χ2n) is 5.33. The second kappa shape index (κ2) is 7.13. The van der Waals surface area contributed by atoms with Gasteiger partial charge in [0, 0.05) is 11.6 Å². The molecule has 0 atom stereocenters. The predicted octanol–water partition coefficient (Wildman–Crippen LogP) is 3.58. The fraction of sp³-hybridized carbons (Fsp3) is 0.333. The quantitative estimate of drug-likeness (QED) is 0.891. The van der Waals surface area contributed by atoms with Crippen molar-refractivity contribution in [3.63, 3.8) is 0 Å². The van der Waals surface area contributed by atoms with Crippen LogP contribution in [0.15, 0.2) is 24.3 Å². The van der Waals surface area contributed by atoms with Crippen LogP contribution in [0.5, 0.6) is 0 Å². The van der Waals surface area contributed by atoms with Crippen LogP contribution in [0.25, 0.3) is 6.08 Å². The summed E-state index contributed by atoms with van der Waals surface area (Å²) in [5.74, 6) is -1.03. The molecule has 0 aliphatic carbocycles. The predicted molar refractivity (Wildman–Crippen MR) is 81.7 cm³/mol. The van der Waals surface area contributed by atoms with Gasteiger partial charge in [-0.1, -0.05) is 29.8 Å². The van der Waals surface area contributed by atoms with Crippen LogP contribution in [-0.4, -0.2) is 29.3 Å². The van der Waals surface area contributed by atoms with E-state index in [0.717, 1.165) is 0 Å². The largest absolute Gasteiger partial charge is 0.478 e. The third-order valence-electron chi connectivity index (χ3n) is 2.31. The molecule has 114 valence electrons. The molecule has 1 aromatic rings. The number of halogens is 1. The van der Waals surface area contributed by atoms with Gasteiger partial charge in [0.25, 0.3) is 0 Å². The van der Waals surface area contributed by atoms with Crippen LogP contribution in [0, 0.1) is 0 Å². The Balaban J connectivity index is 2.54. The van der Waals surface area contributed by atoms with Crippen molar-refractivity contribution in [3.05, 3.63) is 40.4 Å². The number of ether oxygens (including phenoxy) is 1. The van der Waals surface area contributed by atoms with E-state index in [2.05, 4.69) is 5.32 Å². The Morgan fingerprint density at radius 1 is 1.38 bits per heavy atom. The van der Waals surface area contributed by atoms with E-state index < -0.39 is 17.7 Å². The summed E-state index contributed by atoms with van der Waals surface area (Å²) >= 11 is 5.98. The minimum absolute atomic E-state index is 0.129. The third-order valence-corrected chi connectivity index (χ3v) is 2.64. The molecule has 1 rings (SSSR count). The van der Waals surface area contributed by atoms with E-state index in [0.29, 0.717) is 10.6 Å². The highest BCUT2D eigenvalue weighted by Crippen LogP contribution is 2.19. The number of carboxylic acids is 1. The van der Waals surface area contributed by atoms with Gasteiger partial charge in [-0.15, -0.1) is 0 Å². The summed E-state index contributed by atoms with van der Waals surface area (Å²) in [6, 6.07) is 4.45. The van der Waals surface area contributed by atoms with Crippen LogP contribution in [-0.2, 0) is 4.74 Å². The SMILES string of the molecule is CC(C)(C)OC(=O)NCC=Cc1ccc(C(=O)O)cc1Cl. The number of benzene rings is 1. The van der Waals surface area contributed by atoms with E-state index in [-0.39, 0.29) is 12.1 Å². The van der Waals surface area contributed by atoms with Gasteiger partial charge in [-0.05, 0) is 38.5 Å². The molecular weight excluding hydrogens is 294 g/mol. The molecule has 0 radical (unpaired) electrons. The average Bonchev–Trinajstić information content (AvgIpc) is 2.33. The fourth-order valence-electron chi connectivity index (χ4n) is 1.44. The van der Waals surface area contributed by atoms with Gasteiger partial charge in [-0.25, -0.2) is 9.59 Å². The number of carbonyl (C=O) groups is 2. The first-order chi connectivity index (χ1) is 9.69. The molecule has 0 aliphatic rings. The van der Waals surface area contributed by atoms with Crippen LogP contribution >= 0.6 is 11.6 Å². The lowest BCUT2D eigenvalue weighted by atomic mass is 10.1. The summed E-state index contributed by atoms with van der Waals surface area (Å²) in [6.07, 6.45) is 2.90. The fourth-order valence-corrected chi connectivity index (χ4v) is 1.68. The van der Waals surface area contributed by atoms with E-state index in [1.54, 1.807) is 39.0 Å². The molecule has 0 unspecified atom stereocenters. The highest BCUT2D eigenvalue weighted by atomic mass is 35.5. The molecule has 0 fully saturated rings. The Bertz CT molecular complexity index is 561. The topological polar surface area (TPSA) is 75.6 Å². The zero-order valence-corrected chi connectivity index (χ0v) is 12.9. The van der Waals surface area contributed by atoms with Crippen molar-refractivity contribution in [2.45, 2.75) is 26.4 Å². The minimum atomic E-state index is -1.03. The first-order valence-corrected chi connectivity index (χ1v) is 6.73. The standard InChI is InChI=1S/C15H18ClNO4/c1-15(2,3)21-14(20)17-8-4-5-10-6-7-11(13(18)19)9-12(10)16/h4-7,9H,8H2,1-3H3,(H,17,20)(H,18,19). The van der Waals surface area contributed by atoms with Crippen LogP contribution < -0.4 is 5.32 Å². The molecule has 5 nitrogen and oxygen atoms in total. The number of aromatic carboxylic acids is 1. The summed E-state index contributed by atoms with van der Waals surface area (Å²) in [6.45, 7) is 5.64. The summed E-state index contributed by atoms with van der Waals surface area (Å²) in [7, 11) is 0. The molecule has 0 saturated carbocycles. The van der Waals surface area contributed by atoms with Gasteiger partial charge in [0.1, 0.15) is 5.60 Å². The Morgan fingerprint density at radius 2 is 2.05 bits per heavy atom. The normalized spacial score (nSPS) is 11.4. The van der Waals surface area contributed by atoms with Crippen LogP contribution in [0.1, 0.15) is 36.7 Å². The van der Waals surface area contributed by atoms with Gasteiger partial charge in [-0.2, -0.15) is 0 Å². The highest BCUT2D eigenvalue weighted by Gasteiger charge is 2.15. The number of hydrogen-bond acceptors (Lipinski definition) is 3.